The predicted octanol–water partition coefficient (Wildman–Crippen LogP) is 4.20. The summed E-state index contributed by atoms with van der Waals surface area (Å²) in [4.78, 5) is 12.0. The van der Waals surface area contributed by atoms with Crippen LogP contribution < -0.4 is 0 Å². The third-order valence-corrected chi connectivity index (χ3v) is 2.88. The van der Waals surface area contributed by atoms with Crippen LogP contribution in [0, 0.1) is 13.8 Å². The molecule has 1 heteroatoms. The van der Waals surface area contributed by atoms with E-state index in [1.54, 1.807) is 6.08 Å². The number of hydrogen-bond donors (Lipinski definition) is 0. The molecule has 18 heavy (non-hydrogen) atoms. The molecule has 0 amide bonds. The summed E-state index contributed by atoms with van der Waals surface area (Å²) in [6.45, 7) is 3.99. The normalized spacial score (nSPS) is 10.8. The van der Waals surface area contributed by atoms with Gasteiger partial charge in [-0.1, -0.05) is 60.2 Å². The van der Waals surface area contributed by atoms with Crippen molar-refractivity contribution in [2.24, 2.45) is 0 Å². The second-order valence-corrected chi connectivity index (χ2v) is 4.43. The lowest BCUT2D eigenvalue weighted by molar-refractivity contribution is 0.104. The van der Waals surface area contributed by atoms with Crippen molar-refractivity contribution in [2.75, 3.05) is 0 Å². The van der Waals surface area contributed by atoms with E-state index in [1.807, 2.05) is 62.4 Å². The molecule has 0 bridgehead atoms. The molecule has 0 saturated heterocycles. The van der Waals surface area contributed by atoms with Crippen molar-refractivity contribution < 1.29 is 4.79 Å². The maximum atomic E-state index is 12.0. The standard InChI is InChI=1S/C17H16O/c1-13-6-5-8-15(12-13)10-11-17(18)16-9-4-3-7-14(16)2/h3-12H,1-2H3/b11-10+. The summed E-state index contributed by atoms with van der Waals surface area (Å²) >= 11 is 0. The van der Waals surface area contributed by atoms with Crippen LogP contribution in [-0.4, -0.2) is 5.78 Å². The third-order valence-electron chi connectivity index (χ3n) is 2.88. The van der Waals surface area contributed by atoms with E-state index >= 15 is 0 Å². The van der Waals surface area contributed by atoms with E-state index in [1.165, 1.54) is 5.56 Å². The lowest BCUT2D eigenvalue weighted by atomic mass is 10.0. The van der Waals surface area contributed by atoms with E-state index in [4.69, 9.17) is 0 Å². The molecule has 0 aliphatic carbocycles. The molecular formula is C17H16O. The third kappa shape index (κ3) is 2.95. The number of allylic oxidation sites excluding steroid dienone is 1. The Labute approximate surface area is 108 Å². The van der Waals surface area contributed by atoms with Crippen LogP contribution in [0.2, 0.25) is 0 Å². The first-order chi connectivity index (χ1) is 8.66. The van der Waals surface area contributed by atoms with Crippen LogP contribution in [0.5, 0.6) is 0 Å². The molecule has 2 aromatic carbocycles. The van der Waals surface area contributed by atoms with E-state index in [0.717, 1.165) is 16.7 Å². The van der Waals surface area contributed by atoms with E-state index in [-0.39, 0.29) is 5.78 Å². The fourth-order valence-corrected chi connectivity index (χ4v) is 1.88. The molecule has 2 rings (SSSR count). The molecule has 0 aliphatic rings. The van der Waals surface area contributed by atoms with Crippen molar-refractivity contribution in [1.82, 2.24) is 0 Å². The Hall–Kier alpha value is -2.15. The maximum Gasteiger partial charge on any atom is 0.186 e. The highest BCUT2D eigenvalue weighted by Gasteiger charge is 2.03. The Morgan fingerprint density at radius 2 is 1.78 bits per heavy atom. The van der Waals surface area contributed by atoms with Gasteiger partial charge in [-0.05, 0) is 31.1 Å². The van der Waals surface area contributed by atoms with Crippen molar-refractivity contribution >= 4 is 11.9 Å². The first-order valence-corrected chi connectivity index (χ1v) is 6.01. The maximum absolute atomic E-state index is 12.0. The molecule has 0 fully saturated rings. The van der Waals surface area contributed by atoms with Crippen molar-refractivity contribution in [3.05, 3.63) is 76.9 Å². The zero-order valence-corrected chi connectivity index (χ0v) is 10.7. The minimum absolute atomic E-state index is 0.0506. The largest absolute Gasteiger partial charge is 0.289 e. The fourth-order valence-electron chi connectivity index (χ4n) is 1.88. The van der Waals surface area contributed by atoms with Gasteiger partial charge in [0.15, 0.2) is 5.78 Å². The monoisotopic (exact) mass is 236 g/mol. The Bertz CT molecular complexity index is 594. The number of benzene rings is 2. The first-order valence-electron chi connectivity index (χ1n) is 6.01. The van der Waals surface area contributed by atoms with Crippen LogP contribution in [-0.2, 0) is 0 Å². The number of hydrogen-bond acceptors (Lipinski definition) is 1. The summed E-state index contributed by atoms with van der Waals surface area (Å²) in [6, 6.07) is 15.7. The highest BCUT2D eigenvalue weighted by molar-refractivity contribution is 6.07. The summed E-state index contributed by atoms with van der Waals surface area (Å²) < 4.78 is 0. The van der Waals surface area contributed by atoms with Gasteiger partial charge in [0.1, 0.15) is 0 Å². The molecule has 0 N–H and O–H groups in total. The molecule has 0 heterocycles. The SMILES string of the molecule is Cc1cccc(/C=C/C(=O)c2ccccc2C)c1. The zero-order chi connectivity index (χ0) is 13.0. The molecule has 0 aliphatic heterocycles. The van der Waals surface area contributed by atoms with Gasteiger partial charge in [-0.2, -0.15) is 0 Å². The Morgan fingerprint density at radius 1 is 1.00 bits per heavy atom. The average molecular weight is 236 g/mol. The van der Waals surface area contributed by atoms with Crippen LogP contribution in [0.4, 0.5) is 0 Å². The summed E-state index contributed by atoms with van der Waals surface area (Å²) in [6.07, 6.45) is 3.50. The lowest BCUT2D eigenvalue weighted by Gasteiger charge is -2.00. The Kier molecular flexibility index (Phi) is 3.73. The van der Waals surface area contributed by atoms with E-state index < -0.39 is 0 Å². The number of ketones is 1. The smallest absolute Gasteiger partial charge is 0.186 e. The topological polar surface area (TPSA) is 17.1 Å². The molecule has 0 radical (unpaired) electrons. The lowest BCUT2D eigenvalue weighted by Crippen LogP contribution is -1.96. The minimum Gasteiger partial charge on any atom is -0.289 e. The summed E-state index contributed by atoms with van der Waals surface area (Å²) in [5.41, 5.74) is 4.02. The minimum atomic E-state index is 0.0506. The number of rotatable bonds is 3. The van der Waals surface area contributed by atoms with Crippen LogP contribution in [0.3, 0.4) is 0 Å². The molecule has 0 saturated carbocycles. The molecule has 0 atom stereocenters. The van der Waals surface area contributed by atoms with Crippen molar-refractivity contribution in [3.63, 3.8) is 0 Å². The first kappa shape index (κ1) is 12.3. The Balaban J connectivity index is 2.20. The van der Waals surface area contributed by atoms with Crippen LogP contribution in [0.1, 0.15) is 27.0 Å². The molecule has 0 spiro atoms. The molecule has 1 nitrogen and oxygen atoms in total. The van der Waals surface area contributed by atoms with Gasteiger partial charge in [0.05, 0.1) is 0 Å². The van der Waals surface area contributed by atoms with Crippen LogP contribution >= 0.6 is 0 Å². The summed E-state index contributed by atoms with van der Waals surface area (Å²) in [5, 5.41) is 0. The number of carbonyl (C=O) groups excluding carboxylic acids is 1. The van der Waals surface area contributed by atoms with Gasteiger partial charge in [-0.15, -0.1) is 0 Å². The van der Waals surface area contributed by atoms with Crippen LogP contribution in [0.15, 0.2) is 54.6 Å². The highest BCUT2D eigenvalue weighted by atomic mass is 16.1. The molecule has 90 valence electrons. The van der Waals surface area contributed by atoms with Gasteiger partial charge >= 0.3 is 0 Å². The number of aryl methyl sites for hydroxylation is 2. The quantitative estimate of drug-likeness (QED) is 0.576. The Morgan fingerprint density at radius 3 is 2.50 bits per heavy atom. The second-order valence-electron chi connectivity index (χ2n) is 4.43. The second kappa shape index (κ2) is 5.46. The van der Waals surface area contributed by atoms with Gasteiger partial charge in [0.2, 0.25) is 0 Å². The molecule has 0 aromatic heterocycles. The van der Waals surface area contributed by atoms with Gasteiger partial charge in [0, 0.05) is 5.56 Å². The van der Waals surface area contributed by atoms with Crippen molar-refractivity contribution in [2.45, 2.75) is 13.8 Å². The fraction of sp³-hybridized carbons (Fsp3) is 0.118. The summed E-state index contributed by atoms with van der Waals surface area (Å²) in [7, 11) is 0. The predicted molar refractivity (Wildman–Crippen MR) is 75.7 cm³/mol. The van der Waals surface area contributed by atoms with Crippen LogP contribution in [0.25, 0.3) is 6.08 Å². The van der Waals surface area contributed by atoms with Gasteiger partial charge in [0.25, 0.3) is 0 Å². The van der Waals surface area contributed by atoms with Crippen molar-refractivity contribution in [3.8, 4) is 0 Å². The molecule has 2 aromatic rings. The highest BCUT2D eigenvalue weighted by Crippen LogP contribution is 2.11. The average Bonchev–Trinajstić information content (AvgIpc) is 2.37. The zero-order valence-electron chi connectivity index (χ0n) is 10.7. The number of carbonyl (C=O) groups is 1. The van der Waals surface area contributed by atoms with Crippen molar-refractivity contribution in [1.29, 1.82) is 0 Å². The molecular weight excluding hydrogens is 220 g/mol. The summed E-state index contributed by atoms with van der Waals surface area (Å²) in [5.74, 6) is 0.0506. The van der Waals surface area contributed by atoms with Gasteiger partial charge in [-0.25, -0.2) is 0 Å². The van der Waals surface area contributed by atoms with Gasteiger partial charge < -0.3 is 0 Å². The van der Waals surface area contributed by atoms with Gasteiger partial charge in [-0.3, -0.25) is 4.79 Å². The van der Waals surface area contributed by atoms with E-state index in [2.05, 4.69) is 6.07 Å². The van der Waals surface area contributed by atoms with E-state index in [9.17, 15) is 4.79 Å². The molecule has 0 unspecified atom stereocenters. The van der Waals surface area contributed by atoms with E-state index in [0.29, 0.717) is 0 Å².